The molecular formula is C29H24O5. The van der Waals surface area contributed by atoms with Gasteiger partial charge in [-0.05, 0) is 24.1 Å². The largest absolute Gasteiger partial charge is 0.463 e. The average molecular weight is 453 g/mol. The number of ether oxygens (including phenoxy) is 2. The van der Waals surface area contributed by atoms with Gasteiger partial charge >= 0.3 is 5.63 Å². The van der Waals surface area contributed by atoms with E-state index in [9.17, 15) is 4.79 Å². The van der Waals surface area contributed by atoms with Gasteiger partial charge in [-0.2, -0.15) is 0 Å². The van der Waals surface area contributed by atoms with Crippen LogP contribution in [0, 0.1) is 6.92 Å². The highest BCUT2D eigenvalue weighted by atomic mass is 16.7. The number of rotatable bonds is 3. The average Bonchev–Trinajstić information content (AvgIpc) is 3.30. The Morgan fingerprint density at radius 1 is 0.971 bits per heavy atom. The van der Waals surface area contributed by atoms with Crippen LogP contribution in [0.2, 0.25) is 0 Å². The van der Waals surface area contributed by atoms with Crippen LogP contribution in [0.15, 0.2) is 86.6 Å². The first kappa shape index (κ1) is 20.8. The van der Waals surface area contributed by atoms with Crippen LogP contribution in [-0.4, -0.2) is 12.9 Å². The van der Waals surface area contributed by atoms with E-state index in [-0.39, 0.29) is 5.92 Å². The highest BCUT2D eigenvalue weighted by Gasteiger charge is 2.41. The molecule has 0 bridgehead atoms. The Balaban J connectivity index is 1.69. The summed E-state index contributed by atoms with van der Waals surface area (Å²) >= 11 is 0. The standard InChI is InChI=1S/C29H24O5/c1-17-25-20(23(16-32-25)19-12-8-5-9-13-19)14-21-26(17)33-28(30)24-22(18-10-6-4-7-11-18)15-29(2,31-3)34-27(21)24/h4-14,16,22H,15H2,1-3H3/t22-,29-/m0/s1. The molecule has 0 aliphatic carbocycles. The number of furan rings is 1. The van der Waals surface area contributed by atoms with E-state index in [4.69, 9.17) is 18.3 Å². The summed E-state index contributed by atoms with van der Waals surface area (Å²) < 4.78 is 24.1. The van der Waals surface area contributed by atoms with Crippen LogP contribution in [0.25, 0.3) is 33.1 Å². The Labute approximate surface area is 196 Å². The van der Waals surface area contributed by atoms with Crippen LogP contribution in [0.4, 0.5) is 0 Å². The van der Waals surface area contributed by atoms with E-state index >= 15 is 0 Å². The summed E-state index contributed by atoms with van der Waals surface area (Å²) in [4.78, 5) is 13.4. The van der Waals surface area contributed by atoms with Gasteiger partial charge in [0.1, 0.15) is 16.9 Å². The monoisotopic (exact) mass is 452 g/mol. The third kappa shape index (κ3) is 3.08. The number of aryl methyl sites for hydroxylation is 1. The lowest BCUT2D eigenvalue weighted by Gasteiger charge is -2.38. The van der Waals surface area contributed by atoms with E-state index in [0.29, 0.717) is 28.9 Å². The van der Waals surface area contributed by atoms with Gasteiger partial charge in [0.2, 0.25) is 5.79 Å². The number of benzene rings is 3. The molecule has 170 valence electrons. The maximum Gasteiger partial charge on any atom is 0.343 e. The summed E-state index contributed by atoms with van der Waals surface area (Å²) in [6.45, 7) is 3.82. The lowest BCUT2D eigenvalue weighted by molar-refractivity contribution is -0.163. The van der Waals surface area contributed by atoms with Gasteiger partial charge in [0.25, 0.3) is 0 Å². The number of fused-ring (bicyclic) bond motifs is 4. The highest BCUT2D eigenvalue weighted by Crippen LogP contribution is 2.48. The molecule has 0 unspecified atom stereocenters. The normalized spacial score (nSPS) is 19.8. The van der Waals surface area contributed by atoms with E-state index in [1.54, 1.807) is 13.4 Å². The van der Waals surface area contributed by atoms with Crippen LogP contribution in [0.1, 0.15) is 36.0 Å². The minimum absolute atomic E-state index is 0.218. The van der Waals surface area contributed by atoms with Crippen molar-refractivity contribution in [1.82, 2.24) is 0 Å². The van der Waals surface area contributed by atoms with Gasteiger partial charge in [0.15, 0.2) is 0 Å². The summed E-state index contributed by atoms with van der Waals surface area (Å²) in [5, 5.41) is 1.68. The molecule has 1 aliphatic rings. The van der Waals surface area contributed by atoms with Crippen LogP contribution >= 0.6 is 0 Å². The van der Waals surface area contributed by atoms with Gasteiger partial charge in [-0.1, -0.05) is 60.7 Å². The minimum atomic E-state index is -0.893. The van der Waals surface area contributed by atoms with Gasteiger partial charge in [-0.15, -0.1) is 0 Å². The van der Waals surface area contributed by atoms with Crippen LogP contribution < -0.4 is 10.4 Å². The third-order valence-corrected chi connectivity index (χ3v) is 6.91. The zero-order valence-corrected chi connectivity index (χ0v) is 19.3. The molecular weight excluding hydrogens is 428 g/mol. The second-order valence-electron chi connectivity index (χ2n) is 9.01. The molecule has 1 aliphatic heterocycles. The summed E-state index contributed by atoms with van der Waals surface area (Å²) in [5.74, 6) is -0.596. The van der Waals surface area contributed by atoms with Crippen molar-refractivity contribution >= 4 is 21.9 Å². The smallest absolute Gasteiger partial charge is 0.343 e. The molecule has 0 radical (unpaired) electrons. The Morgan fingerprint density at radius 3 is 2.38 bits per heavy atom. The van der Waals surface area contributed by atoms with Crippen molar-refractivity contribution in [2.75, 3.05) is 7.11 Å². The number of methoxy groups -OCH3 is 1. The van der Waals surface area contributed by atoms with E-state index in [1.165, 1.54) is 0 Å². The predicted octanol–water partition coefficient (Wildman–Crippen LogP) is 6.79. The Kier molecular flexibility index (Phi) is 4.64. The molecule has 0 saturated carbocycles. The first-order chi connectivity index (χ1) is 16.5. The number of hydrogen-bond acceptors (Lipinski definition) is 5. The fourth-order valence-corrected chi connectivity index (χ4v) is 5.08. The van der Waals surface area contributed by atoms with Crippen molar-refractivity contribution < 1.29 is 18.3 Å². The summed E-state index contributed by atoms with van der Waals surface area (Å²) in [6, 6.07) is 22.1. The molecule has 5 heteroatoms. The molecule has 0 fully saturated rings. The van der Waals surface area contributed by atoms with Gasteiger partial charge in [0, 0.05) is 42.9 Å². The molecule has 5 aromatic rings. The van der Waals surface area contributed by atoms with Crippen LogP contribution in [0.3, 0.4) is 0 Å². The molecule has 3 heterocycles. The maximum atomic E-state index is 13.4. The first-order valence-electron chi connectivity index (χ1n) is 11.3. The third-order valence-electron chi connectivity index (χ3n) is 6.91. The summed E-state index contributed by atoms with van der Waals surface area (Å²) in [6.07, 6.45) is 2.25. The highest BCUT2D eigenvalue weighted by molar-refractivity contribution is 6.05. The van der Waals surface area contributed by atoms with Crippen molar-refractivity contribution in [3.63, 3.8) is 0 Å². The molecule has 0 amide bonds. The molecule has 34 heavy (non-hydrogen) atoms. The molecule has 3 aromatic carbocycles. The van der Waals surface area contributed by atoms with Crippen molar-refractivity contribution in [2.45, 2.75) is 32.0 Å². The Bertz CT molecular complexity index is 1580. The number of hydrogen-bond donors (Lipinski definition) is 0. The maximum absolute atomic E-state index is 13.4. The minimum Gasteiger partial charge on any atom is -0.463 e. The fraction of sp³-hybridized carbons (Fsp3) is 0.207. The lowest BCUT2D eigenvalue weighted by atomic mass is 9.83. The second-order valence-corrected chi connectivity index (χ2v) is 9.01. The molecule has 5 nitrogen and oxygen atoms in total. The van der Waals surface area contributed by atoms with Gasteiger partial charge in [-0.3, -0.25) is 0 Å². The molecule has 0 N–H and O–H groups in total. The summed E-state index contributed by atoms with van der Waals surface area (Å²) in [7, 11) is 1.63. The molecule has 0 saturated heterocycles. The van der Waals surface area contributed by atoms with Crippen LogP contribution in [0.5, 0.6) is 5.75 Å². The van der Waals surface area contributed by atoms with E-state index in [2.05, 4.69) is 0 Å². The molecule has 2 atom stereocenters. The zero-order valence-electron chi connectivity index (χ0n) is 19.3. The first-order valence-corrected chi connectivity index (χ1v) is 11.3. The lowest BCUT2D eigenvalue weighted by Crippen LogP contribution is -2.41. The zero-order chi connectivity index (χ0) is 23.4. The van der Waals surface area contributed by atoms with E-state index in [0.717, 1.165) is 33.0 Å². The molecule has 0 spiro atoms. The quantitative estimate of drug-likeness (QED) is 0.282. The van der Waals surface area contributed by atoms with Crippen molar-refractivity contribution in [1.29, 1.82) is 0 Å². The topological polar surface area (TPSA) is 61.8 Å². The van der Waals surface area contributed by atoms with Crippen molar-refractivity contribution in [2.24, 2.45) is 0 Å². The van der Waals surface area contributed by atoms with Gasteiger partial charge < -0.3 is 18.3 Å². The fourth-order valence-electron chi connectivity index (χ4n) is 5.08. The SMILES string of the molecule is CO[C@]1(C)C[C@@H](c2ccccc2)c2c(c3cc4c(-c5ccccc5)coc4c(C)c3oc2=O)O1. The van der Waals surface area contributed by atoms with Crippen LogP contribution in [-0.2, 0) is 4.74 Å². The molecule has 2 aromatic heterocycles. The van der Waals surface area contributed by atoms with Gasteiger partial charge in [0.05, 0.1) is 17.2 Å². The van der Waals surface area contributed by atoms with Crippen molar-refractivity contribution in [3.8, 4) is 16.9 Å². The predicted molar refractivity (Wildman–Crippen MR) is 131 cm³/mol. The molecule has 6 rings (SSSR count). The van der Waals surface area contributed by atoms with E-state index < -0.39 is 11.4 Å². The Morgan fingerprint density at radius 2 is 1.68 bits per heavy atom. The van der Waals surface area contributed by atoms with E-state index in [1.807, 2.05) is 80.6 Å². The summed E-state index contributed by atoms with van der Waals surface area (Å²) in [5.41, 5.74) is 5.11. The Hall–Kier alpha value is -3.83. The van der Waals surface area contributed by atoms with Gasteiger partial charge in [-0.25, -0.2) is 4.79 Å². The second kappa shape index (κ2) is 7.61. The van der Waals surface area contributed by atoms with Crippen molar-refractivity contribution in [3.05, 3.63) is 100 Å².